The Bertz CT molecular complexity index is 681. The fraction of sp³-hybridized carbons (Fsp3) is 0.667. The van der Waals surface area contributed by atoms with Crippen molar-refractivity contribution < 1.29 is 0 Å². The summed E-state index contributed by atoms with van der Waals surface area (Å²) in [4.78, 5) is 0. The van der Waals surface area contributed by atoms with Gasteiger partial charge in [0.1, 0.15) is 3.70 Å². The normalized spacial score (nSPS) is 20.9. The molecule has 0 atom stereocenters. The number of nitrogens with zero attached hydrogens (tertiary/aromatic N) is 2. The largest absolute Gasteiger partial charge is 0.282 e. The van der Waals surface area contributed by atoms with Gasteiger partial charge in [-0.3, -0.25) is 10.2 Å². The highest BCUT2D eigenvalue weighted by molar-refractivity contribution is 14.1. The summed E-state index contributed by atoms with van der Waals surface area (Å²) in [5.41, 5.74) is 6.53. The molecule has 0 amide bonds. The number of aromatic amines is 2. The van der Waals surface area contributed by atoms with Crippen LogP contribution >= 0.6 is 22.6 Å². The van der Waals surface area contributed by atoms with E-state index in [1.807, 2.05) is 6.20 Å². The van der Waals surface area contributed by atoms with Crippen LogP contribution in [-0.2, 0) is 25.7 Å². The lowest BCUT2D eigenvalue weighted by molar-refractivity contribution is 0.313. The maximum Gasteiger partial charge on any atom is 0.126 e. The first-order chi connectivity index (χ1) is 10.8. The van der Waals surface area contributed by atoms with Crippen molar-refractivity contribution in [1.29, 1.82) is 0 Å². The van der Waals surface area contributed by atoms with Crippen molar-refractivity contribution in [2.75, 3.05) is 0 Å². The van der Waals surface area contributed by atoms with Crippen molar-refractivity contribution in [2.45, 2.75) is 66.2 Å². The molecule has 0 fully saturated rings. The van der Waals surface area contributed by atoms with Crippen molar-refractivity contribution in [1.82, 2.24) is 20.4 Å². The minimum atomic E-state index is 0.469. The Kier molecular flexibility index (Phi) is 4.60. The monoisotopic (exact) mass is 426 g/mol. The van der Waals surface area contributed by atoms with Crippen molar-refractivity contribution in [3.63, 3.8) is 0 Å². The summed E-state index contributed by atoms with van der Waals surface area (Å²) in [5, 5.41) is 14.4. The average Bonchev–Trinajstić information content (AvgIpc) is 3.04. The first-order valence-corrected chi connectivity index (χ1v) is 9.56. The van der Waals surface area contributed by atoms with Gasteiger partial charge in [-0.2, -0.15) is 10.2 Å². The van der Waals surface area contributed by atoms with Crippen LogP contribution in [0.4, 0.5) is 0 Å². The molecule has 2 aliphatic rings. The number of fused-ring (bicyclic) bond motifs is 2. The van der Waals surface area contributed by atoms with E-state index < -0.39 is 0 Å². The van der Waals surface area contributed by atoms with Gasteiger partial charge in [-0.1, -0.05) is 27.7 Å². The molecule has 2 aromatic rings. The van der Waals surface area contributed by atoms with E-state index in [9.17, 15) is 0 Å². The van der Waals surface area contributed by atoms with Crippen LogP contribution in [0.1, 0.15) is 63.1 Å². The van der Waals surface area contributed by atoms with E-state index in [4.69, 9.17) is 0 Å². The summed E-state index contributed by atoms with van der Waals surface area (Å²) < 4.78 is 1.16. The third-order valence-electron chi connectivity index (χ3n) is 5.14. The number of rotatable bonds is 0. The van der Waals surface area contributed by atoms with E-state index in [0.717, 1.165) is 3.70 Å². The molecule has 0 radical (unpaired) electrons. The van der Waals surface area contributed by atoms with Gasteiger partial charge < -0.3 is 0 Å². The minimum absolute atomic E-state index is 0.469. The predicted octanol–water partition coefficient (Wildman–Crippen LogP) is 4.45. The van der Waals surface area contributed by atoms with E-state index in [1.54, 1.807) is 0 Å². The molecular formula is C18H27IN4. The lowest BCUT2D eigenvalue weighted by Crippen LogP contribution is -2.21. The fourth-order valence-corrected chi connectivity index (χ4v) is 4.20. The number of aromatic nitrogens is 4. The molecule has 126 valence electrons. The molecule has 5 heteroatoms. The highest BCUT2D eigenvalue weighted by Crippen LogP contribution is 2.35. The third kappa shape index (κ3) is 3.98. The Morgan fingerprint density at radius 1 is 0.957 bits per heavy atom. The maximum atomic E-state index is 4.23. The van der Waals surface area contributed by atoms with Crippen LogP contribution < -0.4 is 0 Å². The Labute approximate surface area is 152 Å². The Balaban J connectivity index is 0.000000136. The number of halogens is 1. The molecule has 4 nitrogen and oxygen atoms in total. The summed E-state index contributed by atoms with van der Waals surface area (Å²) in [6.45, 7) is 9.31. The number of H-pyrrole nitrogens is 2. The Morgan fingerprint density at radius 2 is 1.61 bits per heavy atom. The van der Waals surface area contributed by atoms with Gasteiger partial charge in [-0.05, 0) is 77.5 Å². The molecule has 0 aliphatic heterocycles. The van der Waals surface area contributed by atoms with Gasteiger partial charge >= 0.3 is 0 Å². The first-order valence-electron chi connectivity index (χ1n) is 8.49. The molecule has 0 spiro atoms. The Hall–Kier alpha value is -0.850. The SMILES string of the molecule is CC1(C)CCc2[nH]nc(I)c2C1.CC1(C)CCc2[nH]ncc2C1. The standard InChI is InChI=1S/C9H13IN2.C9H14N2/c1-9(2)4-3-7-6(5-9)8(10)12-11-7;1-9(2)4-3-8-7(5-9)6-10-11-8/h3-5H2,1-2H3,(H,11,12);6H,3-5H2,1-2H3,(H,10,11). The minimum Gasteiger partial charge on any atom is -0.282 e. The second-order valence-electron chi connectivity index (χ2n) is 8.53. The predicted molar refractivity (Wildman–Crippen MR) is 102 cm³/mol. The van der Waals surface area contributed by atoms with Crippen LogP contribution in [0.25, 0.3) is 0 Å². The number of nitrogens with one attached hydrogen (secondary N) is 2. The molecule has 0 bridgehead atoms. The first kappa shape index (κ1) is 17.0. The van der Waals surface area contributed by atoms with E-state index in [0.29, 0.717) is 10.8 Å². The lowest BCUT2D eigenvalue weighted by atomic mass is 9.77. The fourth-order valence-electron chi connectivity index (χ4n) is 3.57. The van der Waals surface area contributed by atoms with Crippen LogP contribution in [-0.4, -0.2) is 20.4 Å². The molecule has 0 aromatic carbocycles. The number of aryl methyl sites for hydroxylation is 2. The molecule has 0 saturated carbocycles. The van der Waals surface area contributed by atoms with Crippen LogP contribution in [0, 0.1) is 14.5 Å². The van der Waals surface area contributed by atoms with E-state index in [2.05, 4.69) is 70.7 Å². The zero-order valence-electron chi connectivity index (χ0n) is 14.6. The molecule has 0 saturated heterocycles. The van der Waals surface area contributed by atoms with E-state index in [1.165, 1.54) is 61.0 Å². The summed E-state index contributed by atoms with van der Waals surface area (Å²) >= 11 is 2.31. The van der Waals surface area contributed by atoms with Crippen molar-refractivity contribution in [3.8, 4) is 0 Å². The molecule has 2 aromatic heterocycles. The summed E-state index contributed by atoms with van der Waals surface area (Å²) in [5.74, 6) is 0. The third-order valence-corrected chi connectivity index (χ3v) is 6.03. The van der Waals surface area contributed by atoms with Crippen molar-refractivity contribution >= 4 is 22.6 Å². The molecule has 2 heterocycles. The highest BCUT2D eigenvalue weighted by atomic mass is 127. The quantitative estimate of drug-likeness (QED) is 0.612. The maximum absolute atomic E-state index is 4.23. The van der Waals surface area contributed by atoms with Gasteiger partial charge in [0.15, 0.2) is 0 Å². The van der Waals surface area contributed by atoms with Gasteiger partial charge in [-0.25, -0.2) is 0 Å². The van der Waals surface area contributed by atoms with Gasteiger partial charge in [0.25, 0.3) is 0 Å². The van der Waals surface area contributed by atoms with E-state index in [-0.39, 0.29) is 0 Å². The van der Waals surface area contributed by atoms with Crippen LogP contribution in [0.15, 0.2) is 6.20 Å². The lowest BCUT2D eigenvalue weighted by Gasteiger charge is -2.28. The zero-order chi connectivity index (χ0) is 16.7. The molecule has 4 rings (SSSR count). The molecule has 23 heavy (non-hydrogen) atoms. The number of hydrogen-bond acceptors (Lipinski definition) is 2. The van der Waals surface area contributed by atoms with Crippen LogP contribution in [0.2, 0.25) is 0 Å². The number of hydrogen-bond donors (Lipinski definition) is 2. The van der Waals surface area contributed by atoms with Crippen molar-refractivity contribution in [2.24, 2.45) is 10.8 Å². The second-order valence-corrected chi connectivity index (χ2v) is 9.55. The molecule has 2 aliphatic carbocycles. The Morgan fingerprint density at radius 3 is 2.35 bits per heavy atom. The van der Waals surface area contributed by atoms with Crippen molar-refractivity contribution in [3.05, 3.63) is 32.4 Å². The van der Waals surface area contributed by atoms with Gasteiger partial charge in [0, 0.05) is 17.0 Å². The second kappa shape index (κ2) is 6.22. The summed E-state index contributed by atoms with van der Waals surface area (Å²) in [6.07, 6.45) is 9.22. The zero-order valence-corrected chi connectivity index (χ0v) is 16.7. The van der Waals surface area contributed by atoms with Gasteiger partial charge in [-0.15, -0.1) is 0 Å². The average molecular weight is 426 g/mol. The highest BCUT2D eigenvalue weighted by Gasteiger charge is 2.28. The van der Waals surface area contributed by atoms with Gasteiger partial charge in [0.2, 0.25) is 0 Å². The van der Waals surface area contributed by atoms with Gasteiger partial charge in [0.05, 0.1) is 6.20 Å². The summed E-state index contributed by atoms with van der Waals surface area (Å²) in [6, 6.07) is 0. The van der Waals surface area contributed by atoms with Crippen LogP contribution in [0.5, 0.6) is 0 Å². The molecular weight excluding hydrogens is 399 g/mol. The smallest absolute Gasteiger partial charge is 0.126 e. The summed E-state index contributed by atoms with van der Waals surface area (Å²) in [7, 11) is 0. The molecule has 2 N–H and O–H groups in total. The van der Waals surface area contributed by atoms with E-state index >= 15 is 0 Å². The topological polar surface area (TPSA) is 57.4 Å². The van der Waals surface area contributed by atoms with Crippen LogP contribution in [0.3, 0.4) is 0 Å². The molecule has 0 unspecified atom stereocenters.